The van der Waals surface area contributed by atoms with E-state index in [0.29, 0.717) is 10.6 Å². The minimum Gasteiger partial charge on any atom is -0.397 e. The van der Waals surface area contributed by atoms with Crippen LogP contribution >= 0.6 is 11.3 Å². The third kappa shape index (κ3) is 1.16. The molecule has 1 atom stereocenters. The molecule has 1 amide bonds. The zero-order valence-corrected chi connectivity index (χ0v) is 9.46. The summed E-state index contributed by atoms with van der Waals surface area (Å²) < 4.78 is 0. The molecule has 16 heavy (non-hydrogen) atoms. The number of fused-ring (bicyclic) bond motifs is 3. The van der Waals surface area contributed by atoms with Gasteiger partial charge in [0.05, 0.1) is 11.3 Å². The second kappa shape index (κ2) is 3.21. The van der Waals surface area contributed by atoms with E-state index in [9.17, 15) is 4.79 Å². The van der Waals surface area contributed by atoms with Gasteiger partial charge in [-0.05, 0) is 12.8 Å². The van der Waals surface area contributed by atoms with Crippen molar-refractivity contribution in [1.29, 1.82) is 0 Å². The fraction of sp³-hybridized carbons (Fsp3) is 0.400. The zero-order valence-electron chi connectivity index (χ0n) is 8.64. The van der Waals surface area contributed by atoms with E-state index < -0.39 is 5.91 Å². The molecule has 0 aliphatic carbocycles. The third-order valence-electron chi connectivity index (χ3n) is 3.05. The number of carbonyl (C=O) groups is 1. The normalized spacial score (nSPS) is 22.0. The third-order valence-corrected chi connectivity index (χ3v) is 4.32. The number of amides is 1. The molecule has 1 aromatic heterocycles. The minimum atomic E-state index is -0.457. The van der Waals surface area contributed by atoms with E-state index in [-0.39, 0.29) is 6.17 Å². The zero-order chi connectivity index (χ0) is 11.3. The van der Waals surface area contributed by atoms with Crippen LogP contribution in [0.3, 0.4) is 0 Å². The molecule has 6 heteroatoms. The highest BCUT2D eigenvalue weighted by atomic mass is 32.1. The highest BCUT2D eigenvalue weighted by Crippen LogP contribution is 2.42. The van der Waals surface area contributed by atoms with Crippen LogP contribution in [-0.2, 0) is 0 Å². The van der Waals surface area contributed by atoms with Crippen molar-refractivity contribution in [3.63, 3.8) is 0 Å². The Balaban J connectivity index is 2.15. The lowest BCUT2D eigenvalue weighted by atomic mass is 10.2. The second-order valence-electron chi connectivity index (χ2n) is 4.02. The average Bonchev–Trinajstić information content (AvgIpc) is 2.81. The fourth-order valence-electron chi connectivity index (χ4n) is 2.27. The molecule has 1 aromatic rings. The van der Waals surface area contributed by atoms with E-state index in [1.165, 1.54) is 11.3 Å². The lowest BCUT2D eigenvalue weighted by molar-refractivity contribution is 0.100. The molecule has 2 aliphatic rings. The molecular formula is C10H12N4OS. The van der Waals surface area contributed by atoms with Gasteiger partial charge >= 0.3 is 0 Å². The number of carbonyl (C=O) groups excluding carboxylic acids is 1. The standard InChI is InChI=1S/C10H12N4OS/c11-7-5-4-13-6-2-1-3-14(6)10(5)16-8(7)9(12)15/h4,6H,1-3,11H2,(H2,12,15)/t6-/m1/s1. The molecule has 1 saturated heterocycles. The second-order valence-corrected chi connectivity index (χ2v) is 5.02. The van der Waals surface area contributed by atoms with Gasteiger partial charge in [0.15, 0.2) is 0 Å². The number of anilines is 2. The van der Waals surface area contributed by atoms with Crippen molar-refractivity contribution in [2.45, 2.75) is 19.0 Å². The van der Waals surface area contributed by atoms with Crippen LogP contribution in [0, 0.1) is 0 Å². The van der Waals surface area contributed by atoms with E-state index in [2.05, 4.69) is 9.89 Å². The van der Waals surface area contributed by atoms with Gasteiger partial charge in [0.2, 0.25) is 0 Å². The van der Waals surface area contributed by atoms with Gasteiger partial charge in [0.25, 0.3) is 5.91 Å². The Morgan fingerprint density at radius 3 is 3.19 bits per heavy atom. The lowest BCUT2D eigenvalue weighted by Gasteiger charge is -2.26. The molecule has 0 bridgehead atoms. The largest absolute Gasteiger partial charge is 0.397 e. The summed E-state index contributed by atoms with van der Waals surface area (Å²) in [6.07, 6.45) is 4.21. The number of nitrogens with zero attached hydrogens (tertiary/aromatic N) is 2. The summed E-state index contributed by atoms with van der Waals surface area (Å²) in [5.41, 5.74) is 12.5. The van der Waals surface area contributed by atoms with Gasteiger partial charge in [-0.15, -0.1) is 11.3 Å². The van der Waals surface area contributed by atoms with Gasteiger partial charge in [0, 0.05) is 12.8 Å². The van der Waals surface area contributed by atoms with E-state index in [1.54, 1.807) is 6.21 Å². The molecule has 2 aliphatic heterocycles. The first kappa shape index (κ1) is 9.65. The molecule has 3 heterocycles. The summed E-state index contributed by atoms with van der Waals surface area (Å²) in [4.78, 5) is 18.3. The van der Waals surface area contributed by atoms with Crippen LogP contribution in [0.25, 0.3) is 0 Å². The molecule has 0 saturated carbocycles. The highest BCUT2D eigenvalue weighted by Gasteiger charge is 2.32. The molecule has 0 radical (unpaired) electrons. The number of nitrogen functional groups attached to an aromatic ring is 1. The van der Waals surface area contributed by atoms with Crippen LogP contribution in [0.5, 0.6) is 0 Å². The van der Waals surface area contributed by atoms with Gasteiger partial charge in [0.1, 0.15) is 16.0 Å². The van der Waals surface area contributed by atoms with Crippen molar-refractivity contribution in [3.05, 3.63) is 10.4 Å². The Hall–Kier alpha value is -1.56. The van der Waals surface area contributed by atoms with Gasteiger partial charge in [-0.2, -0.15) is 0 Å². The Morgan fingerprint density at radius 1 is 1.62 bits per heavy atom. The average molecular weight is 236 g/mol. The summed E-state index contributed by atoms with van der Waals surface area (Å²) in [6, 6.07) is 0. The fourth-order valence-corrected chi connectivity index (χ4v) is 3.38. The van der Waals surface area contributed by atoms with Crippen molar-refractivity contribution in [2.24, 2.45) is 10.7 Å². The van der Waals surface area contributed by atoms with Gasteiger partial charge in [-0.3, -0.25) is 9.79 Å². The number of rotatable bonds is 1. The monoisotopic (exact) mass is 236 g/mol. The maximum Gasteiger partial charge on any atom is 0.260 e. The van der Waals surface area contributed by atoms with Crippen LogP contribution in [-0.4, -0.2) is 24.8 Å². The maximum absolute atomic E-state index is 11.2. The predicted octanol–water partition coefficient (Wildman–Crippen LogP) is 0.788. The van der Waals surface area contributed by atoms with E-state index in [4.69, 9.17) is 11.5 Å². The van der Waals surface area contributed by atoms with Crippen LogP contribution in [0.4, 0.5) is 10.7 Å². The quantitative estimate of drug-likeness (QED) is 0.756. The maximum atomic E-state index is 11.2. The summed E-state index contributed by atoms with van der Waals surface area (Å²) in [6.45, 7) is 0.979. The molecule has 0 spiro atoms. The van der Waals surface area contributed by atoms with E-state index >= 15 is 0 Å². The van der Waals surface area contributed by atoms with Crippen LogP contribution < -0.4 is 16.4 Å². The van der Waals surface area contributed by atoms with Gasteiger partial charge < -0.3 is 16.4 Å². The molecule has 0 aromatic carbocycles. The van der Waals surface area contributed by atoms with Crippen molar-refractivity contribution >= 4 is 34.1 Å². The first-order valence-electron chi connectivity index (χ1n) is 5.20. The Labute approximate surface area is 96.7 Å². The molecule has 0 unspecified atom stereocenters. The lowest BCUT2D eigenvalue weighted by Crippen LogP contribution is -2.30. The summed E-state index contributed by atoms with van der Waals surface area (Å²) >= 11 is 1.38. The number of aliphatic imine (C=N–C) groups is 1. The molecule has 3 rings (SSSR count). The number of nitrogens with two attached hydrogens (primary N) is 2. The van der Waals surface area contributed by atoms with Crippen molar-refractivity contribution in [3.8, 4) is 0 Å². The molecular weight excluding hydrogens is 224 g/mol. The summed E-state index contributed by atoms with van der Waals surface area (Å²) in [7, 11) is 0. The molecule has 4 N–H and O–H groups in total. The summed E-state index contributed by atoms with van der Waals surface area (Å²) in [5.74, 6) is -0.457. The number of hydrogen-bond donors (Lipinski definition) is 2. The molecule has 5 nitrogen and oxygen atoms in total. The van der Waals surface area contributed by atoms with Crippen LogP contribution in [0.1, 0.15) is 28.1 Å². The molecule has 1 fully saturated rings. The number of thiophene rings is 1. The van der Waals surface area contributed by atoms with Crippen molar-refractivity contribution in [2.75, 3.05) is 17.2 Å². The van der Waals surface area contributed by atoms with E-state index in [0.717, 1.165) is 30.0 Å². The van der Waals surface area contributed by atoms with E-state index in [1.807, 2.05) is 0 Å². The first-order valence-corrected chi connectivity index (χ1v) is 6.02. The van der Waals surface area contributed by atoms with Crippen molar-refractivity contribution in [1.82, 2.24) is 0 Å². The topological polar surface area (TPSA) is 84.7 Å². The number of primary amides is 1. The minimum absolute atomic E-state index is 0.228. The van der Waals surface area contributed by atoms with Crippen LogP contribution in [0.2, 0.25) is 0 Å². The highest BCUT2D eigenvalue weighted by molar-refractivity contribution is 7.19. The smallest absolute Gasteiger partial charge is 0.260 e. The Morgan fingerprint density at radius 2 is 2.44 bits per heavy atom. The van der Waals surface area contributed by atoms with Crippen LogP contribution in [0.15, 0.2) is 4.99 Å². The number of hydrogen-bond acceptors (Lipinski definition) is 5. The summed E-state index contributed by atoms with van der Waals surface area (Å²) in [5, 5.41) is 1.05. The van der Waals surface area contributed by atoms with Gasteiger partial charge in [-0.1, -0.05) is 0 Å². The van der Waals surface area contributed by atoms with Gasteiger partial charge in [-0.25, -0.2) is 0 Å². The first-order chi connectivity index (χ1) is 7.68. The molecule has 84 valence electrons. The SMILES string of the molecule is NC(=O)c1sc2c(c1N)C=N[C@H]1CCCN21. The Kier molecular flexibility index (Phi) is 1.94. The van der Waals surface area contributed by atoms with Crippen molar-refractivity contribution < 1.29 is 4.79 Å². The predicted molar refractivity (Wildman–Crippen MR) is 65.2 cm³/mol. The Bertz CT molecular complexity index is 493.